The first-order chi connectivity index (χ1) is 15.6. The van der Waals surface area contributed by atoms with Gasteiger partial charge in [-0.15, -0.1) is 0 Å². The summed E-state index contributed by atoms with van der Waals surface area (Å²) in [4.78, 5) is 12.6. The van der Waals surface area contributed by atoms with E-state index in [0.717, 1.165) is 42.4 Å². The van der Waals surface area contributed by atoms with E-state index in [1.165, 1.54) is 16.7 Å². The summed E-state index contributed by atoms with van der Waals surface area (Å²) in [5, 5.41) is 17.0. The minimum absolute atomic E-state index is 0.0746. The van der Waals surface area contributed by atoms with Gasteiger partial charge in [-0.2, -0.15) is 5.10 Å². The molecule has 32 heavy (non-hydrogen) atoms. The number of benzene rings is 2. The lowest BCUT2D eigenvalue weighted by Crippen LogP contribution is -2.38. The van der Waals surface area contributed by atoms with Crippen LogP contribution in [-0.2, 0) is 24.6 Å². The molecule has 2 aromatic carbocycles. The highest BCUT2D eigenvalue weighted by atomic mass is 16.5. The molecule has 0 radical (unpaired) electrons. The van der Waals surface area contributed by atoms with Crippen molar-refractivity contribution in [1.82, 2.24) is 15.1 Å². The number of hydrogen-bond acceptors (Lipinski definition) is 4. The van der Waals surface area contributed by atoms with E-state index in [-0.39, 0.29) is 25.1 Å². The van der Waals surface area contributed by atoms with Crippen LogP contribution in [0.15, 0.2) is 54.6 Å². The van der Waals surface area contributed by atoms with E-state index in [9.17, 15) is 9.90 Å². The van der Waals surface area contributed by atoms with Crippen molar-refractivity contribution in [3.63, 3.8) is 0 Å². The zero-order valence-corrected chi connectivity index (χ0v) is 18.6. The Hall–Kier alpha value is -3.12. The number of rotatable bonds is 8. The van der Waals surface area contributed by atoms with Crippen molar-refractivity contribution in [1.29, 1.82) is 0 Å². The molecule has 1 heterocycles. The highest BCUT2D eigenvalue weighted by Gasteiger charge is 2.18. The van der Waals surface area contributed by atoms with Crippen LogP contribution in [-0.4, -0.2) is 26.8 Å². The van der Waals surface area contributed by atoms with Gasteiger partial charge in [0.25, 0.3) is 0 Å². The van der Waals surface area contributed by atoms with E-state index >= 15 is 0 Å². The molecule has 0 spiro atoms. The van der Waals surface area contributed by atoms with E-state index in [1.807, 2.05) is 18.2 Å². The van der Waals surface area contributed by atoms with Crippen LogP contribution in [0.2, 0.25) is 0 Å². The zero-order chi connectivity index (χ0) is 22.3. The van der Waals surface area contributed by atoms with E-state index < -0.39 is 0 Å². The van der Waals surface area contributed by atoms with E-state index in [0.29, 0.717) is 18.2 Å². The average Bonchev–Trinajstić information content (AvgIpc) is 3.20. The number of aromatic nitrogens is 2. The van der Waals surface area contributed by atoms with Crippen molar-refractivity contribution < 1.29 is 14.6 Å². The molecule has 1 aliphatic carbocycles. The zero-order valence-electron chi connectivity index (χ0n) is 18.6. The number of nitrogens with one attached hydrogen (secondary N) is 1. The maximum Gasteiger partial charge on any atom is 0.242 e. The quantitative estimate of drug-likeness (QED) is 0.553. The first-order valence-corrected chi connectivity index (χ1v) is 11.4. The SMILES string of the molecule is Cc1ccc(-c2ccccc2COc2cc(CO)nn2CC(=O)NC2CCCCC2)cc1. The molecular weight excluding hydrogens is 402 g/mol. The van der Waals surface area contributed by atoms with Gasteiger partial charge < -0.3 is 15.2 Å². The fraction of sp³-hybridized carbons (Fsp3) is 0.385. The Labute approximate surface area is 189 Å². The van der Waals surface area contributed by atoms with Crippen LogP contribution >= 0.6 is 0 Å². The van der Waals surface area contributed by atoms with Crippen molar-refractivity contribution in [2.24, 2.45) is 0 Å². The number of aliphatic hydroxyl groups is 1. The van der Waals surface area contributed by atoms with Crippen molar-refractivity contribution in [3.8, 4) is 17.0 Å². The smallest absolute Gasteiger partial charge is 0.242 e. The number of nitrogens with zero attached hydrogens (tertiary/aromatic N) is 2. The van der Waals surface area contributed by atoms with Crippen LogP contribution in [0.1, 0.15) is 48.9 Å². The molecule has 1 aliphatic rings. The minimum atomic E-state index is -0.201. The Kier molecular flexibility index (Phi) is 7.22. The molecule has 168 valence electrons. The Balaban J connectivity index is 1.46. The fourth-order valence-corrected chi connectivity index (χ4v) is 4.23. The molecule has 6 nitrogen and oxygen atoms in total. The Bertz CT molecular complexity index is 1040. The second-order valence-electron chi connectivity index (χ2n) is 8.50. The van der Waals surface area contributed by atoms with E-state index in [2.05, 4.69) is 47.7 Å². The van der Waals surface area contributed by atoms with Gasteiger partial charge in [-0.25, -0.2) is 4.68 Å². The maximum atomic E-state index is 12.6. The molecule has 2 N–H and O–H groups in total. The third-order valence-corrected chi connectivity index (χ3v) is 5.97. The van der Waals surface area contributed by atoms with Crippen LogP contribution in [0, 0.1) is 6.92 Å². The molecule has 1 saturated carbocycles. The predicted molar refractivity (Wildman–Crippen MR) is 124 cm³/mol. The third-order valence-electron chi connectivity index (χ3n) is 5.97. The maximum absolute atomic E-state index is 12.6. The van der Waals surface area contributed by atoms with Crippen LogP contribution < -0.4 is 10.1 Å². The lowest BCUT2D eigenvalue weighted by atomic mass is 9.95. The summed E-state index contributed by atoms with van der Waals surface area (Å²) in [5.74, 6) is 0.404. The highest BCUT2D eigenvalue weighted by Crippen LogP contribution is 2.26. The molecule has 0 unspecified atom stereocenters. The number of carbonyl (C=O) groups is 1. The number of amides is 1. The molecule has 1 amide bonds. The molecule has 1 fully saturated rings. The normalized spacial score (nSPS) is 14.3. The van der Waals surface area contributed by atoms with Gasteiger partial charge in [0, 0.05) is 12.1 Å². The first-order valence-electron chi connectivity index (χ1n) is 11.4. The van der Waals surface area contributed by atoms with Gasteiger partial charge in [0.15, 0.2) is 0 Å². The number of aryl methyl sites for hydroxylation is 1. The largest absolute Gasteiger partial charge is 0.473 e. The number of carbonyl (C=O) groups excluding carboxylic acids is 1. The van der Waals surface area contributed by atoms with Gasteiger partial charge in [0.2, 0.25) is 11.8 Å². The summed E-state index contributed by atoms with van der Waals surface area (Å²) in [6.07, 6.45) is 5.64. The van der Waals surface area contributed by atoms with Gasteiger partial charge in [-0.1, -0.05) is 73.4 Å². The van der Waals surface area contributed by atoms with E-state index in [1.54, 1.807) is 6.07 Å². The van der Waals surface area contributed by atoms with Crippen LogP contribution in [0.5, 0.6) is 5.88 Å². The number of ether oxygens (including phenoxy) is 1. The molecule has 0 bridgehead atoms. The Morgan fingerprint density at radius 1 is 1.12 bits per heavy atom. The summed E-state index contributed by atoms with van der Waals surface area (Å²) in [6.45, 7) is 2.28. The van der Waals surface area contributed by atoms with Crippen molar-refractivity contribution in [3.05, 3.63) is 71.4 Å². The number of hydrogen-bond donors (Lipinski definition) is 2. The molecule has 0 saturated heterocycles. The van der Waals surface area contributed by atoms with Crippen LogP contribution in [0.25, 0.3) is 11.1 Å². The summed E-state index contributed by atoms with van der Waals surface area (Å²) in [5.41, 5.74) is 4.98. The predicted octanol–water partition coefficient (Wildman–Crippen LogP) is 4.38. The highest BCUT2D eigenvalue weighted by molar-refractivity contribution is 5.76. The third kappa shape index (κ3) is 5.56. The molecule has 3 aromatic rings. The second-order valence-corrected chi connectivity index (χ2v) is 8.50. The van der Waals surface area contributed by atoms with Crippen LogP contribution in [0.4, 0.5) is 0 Å². The van der Waals surface area contributed by atoms with Crippen molar-refractivity contribution in [2.75, 3.05) is 0 Å². The Morgan fingerprint density at radius 3 is 2.62 bits per heavy atom. The van der Waals surface area contributed by atoms with Gasteiger partial charge in [0.05, 0.1) is 12.3 Å². The summed E-state index contributed by atoms with van der Waals surface area (Å²) in [6, 6.07) is 18.5. The second kappa shape index (κ2) is 10.5. The molecular formula is C26H31N3O3. The molecule has 4 rings (SSSR count). The van der Waals surface area contributed by atoms with Crippen molar-refractivity contribution >= 4 is 5.91 Å². The average molecular weight is 434 g/mol. The van der Waals surface area contributed by atoms with Gasteiger partial charge in [-0.3, -0.25) is 4.79 Å². The van der Waals surface area contributed by atoms with Crippen LogP contribution in [0.3, 0.4) is 0 Å². The van der Waals surface area contributed by atoms with Crippen molar-refractivity contribution in [2.45, 2.75) is 64.8 Å². The summed E-state index contributed by atoms with van der Waals surface area (Å²) in [7, 11) is 0. The fourth-order valence-electron chi connectivity index (χ4n) is 4.23. The molecule has 0 aliphatic heterocycles. The van der Waals surface area contributed by atoms with Gasteiger partial charge in [0.1, 0.15) is 13.2 Å². The van der Waals surface area contributed by atoms with Gasteiger partial charge in [-0.05, 0) is 36.5 Å². The van der Waals surface area contributed by atoms with E-state index in [4.69, 9.17) is 4.74 Å². The first kappa shape index (κ1) is 22.1. The summed E-state index contributed by atoms with van der Waals surface area (Å²) >= 11 is 0. The number of aliphatic hydroxyl groups excluding tert-OH is 1. The standard InChI is InChI=1S/C26H31N3O3/c1-19-11-13-20(14-12-19)24-10-6-5-7-21(24)18-32-26-15-23(17-30)28-29(26)16-25(31)27-22-8-3-2-4-9-22/h5-7,10-15,22,30H,2-4,8-9,16-18H2,1H3,(H,27,31). The minimum Gasteiger partial charge on any atom is -0.473 e. The topological polar surface area (TPSA) is 76.4 Å². The Morgan fingerprint density at radius 2 is 1.88 bits per heavy atom. The van der Waals surface area contributed by atoms with Gasteiger partial charge >= 0.3 is 0 Å². The lowest BCUT2D eigenvalue weighted by molar-refractivity contribution is -0.122. The summed E-state index contributed by atoms with van der Waals surface area (Å²) < 4.78 is 7.63. The molecule has 1 aromatic heterocycles. The molecule has 0 atom stereocenters. The monoisotopic (exact) mass is 433 g/mol. The molecule has 6 heteroatoms. The lowest BCUT2D eigenvalue weighted by Gasteiger charge is -2.22.